The smallest absolute Gasteiger partial charge is 0.0521 e. The third-order valence-electron chi connectivity index (χ3n) is 2.33. The lowest BCUT2D eigenvalue weighted by atomic mass is 9.94. The van der Waals surface area contributed by atoms with E-state index in [4.69, 9.17) is 0 Å². The topological polar surface area (TPSA) is 12.4 Å². The van der Waals surface area contributed by atoms with Crippen molar-refractivity contribution in [1.29, 1.82) is 0 Å². The van der Waals surface area contributed by atoms with Gasteiger partial charge in [-0.3, -0.25) is 4.99 Å². The monoisotopic (exact) mass is 169 g/mol. The van der Waals surface area contributed by atoms with Crippen LogP contribution < -0.4 is 0 Å². The third kappa shape index (κ3) is 4.53. The summed E-state index contributed by atoms with van der Waals surface area (Å²) in [7, 11) is 0. The molecule has 0 amide bonds. The van der Waals surface area contributed by atoms with Crippen LogP contribution in [0.3, 0.4) is 0 Å². The van der Waals surface area contributed by atoms with Crippen molar-refractivity contribution in [2.45, 2.75) is 59.4 Å². The Bertz CT molecular complexity index is 118. The maximum absolute atomic E-state index is 4.51. The van der Waals surface area contributed by atoms with E-state index in [9.17, 15) is 0 Å². The summed E-state index contributed by atoms with van der Waals surface area (Å²) in [6.07, 6.45) is 7.02. The van der Waals surface area contributed by atoms with Gasteiger partial charge in [0.1, 0.15) is 0 Å². The van der Waals surface area contributed by atoms with Crippen molar-refractivity contribution < 1.29 is 0 Å². The number of nitrogens with zero attached hydrogens (tertiary/aromatic N) is 1. The maximum Gasteiger partial charge on any atom is 0.0521 e. The molecule has 0 aliphatic rings. The molecule has 0 N–H and O–H groups in total. The van der Waals surface area contributed by atoms with E-state index in [1.807, 2.05) is 13.1 Å². The van der Waals surface area contributed by atoms with Crippen LogP contribution in [0.4, 0.5) is 0 Å². The Kier molecular flexibility index (Phi) is 7.12. The molecule has 0 bridgehead atoms. The van der Waals surface area contributed by atoms with Gasteiger partial charge in [-0.25, -0.2) is 0 Å². The molecule has 0 spiro atoms. The van der Waals surface area contributed by atoms with Gasteiger partial charge in [0.25, 0.3) is 0 Å². The minimum atomic E-state index is 0.569. The first-order valence-electron chi connectivity index (χ1n) is 5.24. The Morgan fingerprint density at radius 3 is 2.17 bits per heavy atom. The van der Waals surface area contributed by atoms with Crippen molar-refractivity contribution in [3.8, 4) is 0 Å². The molecule has 0 rings (SSSR count). The van der Waals surface area contributed by atoms with E-state index in [1.54, 1.807) is 0 Å². The molecular formula is C11H23N. The molecule has 0 fully saturated rings. The van der Waals surface area contributed by atoms with Crippen LogP contribution in [0.1, 0.15) is 53.4 Å². The quantitative estimate of drug-likeness (QED) is 0.538. The molecule has 1 nitrogen and oxygen atoms in total. The largest absolute Gasteiger partial charge is 0.294 e. The van der Waals surface area contributed by atoms with Gasteiger partial charge >= 0.3 is 0 Å². The van der Waals surface area contributed by atoms with Crippen LogP contribution in [0.2, 0.25) is 0 Å². The van der Waals surface area contributed by atoms with Crippen LogP contribution in [0.25, 0.3) is 0 Å². The summed E-state index contributed by atoms with van der Waals surface area (Å²) in [4.78, 5) is 4.51. The van der Waals surface area contributed by atoms with Crippen molar-refractivity contribution in [3.63, 3.8) is 0 Å². The van der Waals surface area contributed by atoms with Crippen molar-refractivity contribution >= 4 is 6.21 Å². The highest BCUT2D eigenvalue weighted by Gasteiger charge is 2.12. The summed E-state index contributed by atoms with van der Waals surface area (Å²) in [5.41, 5.74) is 0. The molecule has 72 valence electrons. The van der Waals surface area contributed by atoms with E-state index < -0.39 is 0 Å². The second kappa shape index (κ2) is 7.33. The second-order valence-corrected chi connectivity index (χ2v) is 3.53. The Balaban J connectivity index is 3.89. The first-order chi connectivity index (χ1) is 5.76. The fourth-order valence-corrected chi connectivity index (χ4v) is 1.64. The van der Waals surface area contributed by atoms with Gasteiger partial charge in [0, 0.05) is 0 Å². The highest BCUT2D eigenvalue weighted by molar-refractivity contribution is 5.53. The Labute approximate surface area is 77.3 Å². The van der Waals surface area contributed by atoms with Crippen molar-refractivity contribution in [3.05, 3.63) is 0 Å². The van der Waals surface area contributed by atoms with Gasteiger partial charge in [-0.1, -0.05) is 33.6 Å². The van der Waals surface area contributed by atoms with E-state index in [0.29, 0.717) is 6.04 Å². The molecule has 0 radical (unpaired) electrons. The fourth-order valence-electron chi connectivity index (χ4n) is 1.64. The Hall–Kier alpha value is -0.330. The molecular weight excluding hydrogens is 146 g/mol. The predicted octanol–water partition coefficient (Wildman–Crippen LogP) is 3.68. The standard InChI is InChI=1S/C11H23N/c1-5-8-10(4)11(9-6-2)12-7-3/h7,10-11H,5-6,8-9H2,1-4H3. The molecule has 1 heteroatoms. The summed E-state index contributed by atoms with van der Waals surface area (Å²) < 4.78 is 0. The van der Waals surface area contributed by atoms with Gasteiger partial charge in [0.15, 0.2) is 0 Å². The zero-order valence-corrected chi connectivity index (χ0v) is 9.01. The van der Waals surface area contributed by atoms with Crippen LogP contribution >= 0.6 is 0 Å². The van der Waals surface area contributed by atoms with Gasteiger partial charge in [-0.05, 0) is 31.9 Å². The molecule has 0 aromatic carbocycles. The lowest BCUT2D eigenvalue weighted by molar-refractivity contribution is 0.402. The zero-order chi connectivity index (χ0) is 9.40. The lowest BCUT2D eigenvalue weighted by Crippen LogP contribution is -2.15. The summed E-state index contributed by atoms with van der Waals surface area (Å²) in [5.74, 6) is 0.756. The SMILES string of the molecule is CC=NC(CCC)C(C)CCC. The lowest BCUT2D eigenvalue weighted by Gasteiger charge is -2.18. The third-order valence-corrected chi connectivity index (χ3v) is 2.33. The average molecular weight is 169 g/mol. The van der Waals surface area contributed by atoms with E-state index in [-0.39, 0.29) is 0 Å². The maximum atomic E-state index is 4.51. The van der Waals surface area contributed by atoms with Crippen molar-refractivity contribution in [2.75, 3.05) is 0 Å². The molecule has 0 saturated heterocycles. The van der Waals surface area contributed by atoms with Gasteiger partial charge in [-0.15, -0.1) is 0 Å². The second-order valence-electron chi connectivity index (χ2n) is 3.53. The minimum absolute atomic E-state index is 0.569. The summed E-state index contributed by atoms with van der Waals surface area (Å²) in [6.45, 7) is 8.81. The average Bonchev–Trinajstić information content (AvgIpc) is 2.04. The highest BCUT2D eigenvalue weighted by Crippen LogP contribution is 2.17. The number of hydrogen-bond acceptors (Lipinski definition) is 1. The molecule has 0 saturated carbocycles. The van der Waals surface area contributed by atoms with Crippen LogP contribution in [-0.4, -0.2) is 12.3 Å². The first kappa shape index (κ1) is 11.7. The first-order valence-corrected chi connectivity index (χ1v) is 5.24. The molecule has 0 aliphatic carbocycles. The predicted molar refractivity (Wildman–Crippen MR) is 56.9 cm³/mol. The summed E-state index contributed by atoms with van der Waals surface area (Å²) in [5, 5.41) is 0. The number of aliphatic imine (C=N–C) groups is 1. The molecule has 12 heavy (non-hydrogen) atoms. The molecule has 2 unspecified atom stereocenters. The van der Waals surface area contributed by atoms with Crippen molar-refractivity contribution in [2.24, 2.45) is 10.9 Å². The summed E-state index contributed by atoms with van der Waals surface area (Å²) >= 11 is 0. The van der Waals surface area contributed by atoms with Gasteiger partial charge < -0.3 is 0 Å². The van der Waals surface area contributed by atoms with Crippen LogP contribution in [0, 0.1) is 5.92 Å². The minimum Gasteiger partial charge on any atom is -0.294 e. The fraction of sp³-hybridized carbons (Fsp3) is 0.909. The van der Waals surface area contributed by atoms with Gasteiger partial charge in [0.2, 0.25) is 0 Å². The highest BCUT2D eigenvalue weighted by atomic mass is 14.8. The van der Waals surface area contributed by atoms with E-state index in [0.717, 1.165) is 5.92 Å². The van der Waals surface area contributed by atoms with E-state index in [2.05, 4.69) is 25.8 Å². The normalized spacial score (nSPS) is 16.7. The van der Waals surface area contributed by atoms with Crippen LogP contribution in [-0.2, 0) is 0 Å². The Morgan fingerprint density at radius 1 is 1.17 bits per heavy atom. The molecule has 0 aromatic heterocycles. The van der Waals surface area contributed by atoms with E-state index >= 15 is 0 Å². The molecule has 0 aliphatic heterocycles. The van der Waals surface area contributed by atoms with Crippen molar-refractivity contribution in [1.82, 2.24) is 0 Å². The molecule has 0 aromatic rings. The van der Waals surface area contributed by atoms with Crippen LogP contribution in [0.15, 0.2) is 4.99 Å². The van der Waals surface area contributed by atoms with Gasteiger partial charge in [0.05, 0.1) is 6.04 Å². The zero-order valence-electron chi connectivity index (χ0n) is 9.01. The van der Waals surface area contributed by atoms with Gasteiger partial charge in [-0.2, -0.15) is 0 Å². The van der Waals surface area contributed by atoms with E-state index in [1.165, 1.54) is 25.7 Å². The number of hydrogen-bond donors (Lipinski definition) is 0. The molecule has 2 atom stereocenters. The Morgan fingerprint density at radius 2 is 1.75 bits per heavy atom. The summed E-state index contributed by atoms with van der Waals surface area (Å²) in [6, 6.07) is 0.569. The van der Waals surface area contributed by atoms with Crippen LogP contribution in [0.5, 0.6) is 0 Å². The molecule has 0 heterocycles. The number of rotatable bonds is 6.